The minimum atomic E-state index is -1.21. The van der Waals surface area contributed by atoms with Crippen LogP contribution in [0.1, 0.15) is 46.4 Å². The number of benzene rings is 1. The van der Waals surface area contributed by atoms with Crippen molar-refractivity contribution < 1.29 is 23.8 Å². The summed E-state index contributed by atoms with van der Waals surface area (Å²) in [6, 6.07) is 10.0. The molecule has 1 amide bonds. The fraction of sp³-hybridized carbons (Fsp3) is 0.294. The van der Waals surface area contributed by atoms with Crippen molar-refractivity contribution in [1.29, 1.82) is 0 Å². The lowest BCUT2D eigenvalue weighted by Gasteiger charge is -2.08. The molecule has 0 unspecified atom stereocenters. The molecule has 6 heteroatoms. The highest BCUT2D eigenvalue weighted by atomic mass is 16.5. The van der Waals surface area contributed by atoms with Crippen molar-refractivity contribution in [2.24, 2.45) is 0 Å². The Balaban J connectivity index is 1.90. The summed E-state index contributed by atoms with van der Waals surface area (Å²) in [5.74, 6) is -1.20. The van der Waals surface area contributed by atoms with E-state index in [1.165, 1.54) is 12.1 Å². The summed E-state index contributed by atoms with van der Waals surface area (Å²) in [5.41, 5.74) is 0.886. The molecule has 0 saturated heterocycles. The van der Waals surface area contributed by atoms with Crippen LogP contribution in [-0.2, 0) is 6.54 Å². The maximum absolute atomic E-state index is 11.9. The molecule has 0 atom stereocenters. The fourth-order valence-corrected chi connectivity index (χ4v) is 1.92. The molecular formula is C17H19NO5. The lowest BCUT2D eigenvalue weighted by molar-refractivity contribution is 0.0659. The number of hydrogen-bond donors (Lipinski definition) is 2. The predicted octanol–water partition coefficient (Wildman–Crippen LogP) is 3.09. The van der Waals surface area contributed by atoms with E-state index < -0.39 is 11.9 Å². The standard InChI is InChI=1S/C17H19NO5/c1-2-3-9-22-13-6-4-5-12(10-13)11-18-16(19)14-7-8-15(23-14)17(20)21/h4-8,10H,2-3,9,11H2,1H3,(H,18,19)(H,20,21). The van der Waals surface area contributed by atoms with Gasteiger partial charge in [-0.3, -0.25) is 4.79 Å². The molecule has 1 aromatic carbocycles. The number of aromatic carboxylic acids is 1. The quantitative estimate of drug-likeness (QED) is 0.730. The summed E-state index contributed by atoms with van der Waals surface area (Å²) in [6.07, 6.45) is 2.06. The van der Waals surface area contributed by atoms with Crippen LogP contribution in [0.2, 0.25) is 0 Å². The molecular weight excluding hydrogens is 298 g/mol. The molecule has 0 spiro atoms. The Bertz CT molecular complexity index is 677. The third kappa shape index (κ3) is 4.88. The summed E-state index contributed by atoms with van der Waals surface area (Å²) in [7, 11) is 0. The molecule has 2 N–H and O–H groups in total. The summed E-state index contributed by atoms with van der Waals surface area (Å²) in [6.45, 7) is 3.06. The van der Waals surface area contributed by atoms with E-state index in [0.29, 0.717) is 13.2 Å². The maximum Gasteiger partial charge on any atom is 0.371 e. The monoisotopic (exact) mass is 317 g/mol. The summed E-state index contributed by atoms with van der Waals surface area (Å²) in [5, 5.41) is 11.4. The Kier molecular flexibility index (Phi) is 5.80. The molecule has 2 aromatic rings. The Hall–Kier alpha value is -2.76. The Morgan fingerprint density at radius 1 is 1.22 bits per heavy atom. The van der Waals surface area contributed by atoms with Gasteiger partial charge in [-0.05, 0) is 36.2 Å². The number of ether oxygens (including phenoxy) is 1. The molecule has 0 aliphatic rings. The van der Waals surface area contributed by atoms with Crippen molar-refractivity contribution in [3.05, 3.63) is 53.5 Å². The van der Waals surface area contributed by atoms with E-state index in [9.17, 15) is 9.59 Å². The van der Waals surface area contributed by atoms with Gasteiger partial charge in [0.15, 0.2) is 5.76 Å². The summed E-state index contributed by atoms with van der Waals surface area (Å²) >= 11 is 0. The molecule has 1 aromatic heterocycles. The second-order valence-electron chi connectivity index (χ2n) is 5.00. The van der Waals surface area contributed by atoms with E-state index in [2.05, 4.69) is 12.2 Å². The van der Waals surface area contributed by atoms with E-state index in [1.54, 1.807) is 0 Å². The lowest BCUT2D eigenvalue weighted by Crippen LogP contribution is -2.22. The van der Waals surface area contributed by atoms with Crippen LogP contribution in [0.5, 0.6) is 5.75 Å². The largest absolute Gasteiger partial charge is 0.494 e. The van der Waals surface area contributed by atoms with Crippen LogP contribution in [0, 0.1) is 0 Å². The van der Waals surface area contributed by atoms with Gasteiger partial charge in [0, 0.05) is 6.54 Å². The highest BCUT2D eigenvalue weighted by Crippen LogP contribution is 2.14. The topological polar surface area (TPSA) is 88.8 Å². The number of rotatable bonds is 8. The van der Waals surface area contributed by atoms with Crippen LogP contribution in [0.25, 0.3) is 0 Å². The van der Waals surface area contributed by atoms with Gasteiger partial charge in [0.05, 0.1) is 6.61 Å². The Morgan fingerprint density at radius 2 is 2.00 bits per heavy atom. The lowest BCUT2D eigenvalue weighted by atomic mass is 10.2. The van der Waals surface area contributed by atoms with Crippen molar-refractivity contribution in [1.82, 2.24) is 5.32 Å². The predicted molar refractivity (Wildman–Crippen MR) is 83.7 cm³/mol. The third-order valence-corrected chi connectivity index (χ3v) is 3.16. The fourth-order valence-electron chi connectivity index (χ4n) is 1.92. The van der Waals surface area contributed by atoms with Crippen molar-refractivity contribution in [2.45, 2.75) is 26.3 Å². The third-order valence-electron chi connectivity index (χ3n) is 3.16. The van der Waals surface area contributed by atoms with Gasteiger partial charge in [0.25, 0.3) is 5.91 Å². The van der Waals surface area contributed by atoms with E-state index in [4.69, 9.17) is 14.3 Å². The highest BCUT2D eigenvalue weighted by molar-refractivity contribution is 5.93. The first-order valence-corrected chi connectivity index (χ1v) is 7.43. The maximum atomic E-state index is 11.9. The Morgan fingerprint density at radius 3 is 2.70 bits per heavy atom. The molecule has 0 aliphatic carbocycles. The minimum absolute atomic E-state index is 0.0299. The number of carbonyl (C=O) groups excluding carboxylic acids is 1. The van der Waals surface area contributed by atoms with Gasteiger partial charge in [-0.15, -0.1) is 0 Å². The average Bonchev–Trinajstić information content (AvgIpc) is 3.04. The average molecular weight is 317 g/mol. The summed E-state index contributed by atoms with van der Waals surface area (Å²) in [4.78, 5) is 22.6. The minimum Gasteiger partial charge on any atom is -0.494 e. The SMILES string of the molecule is CCCCOc1cccc(CNC(=O)c2ccc(C(=O)O)o2)c1. The molecule has 122 valence electrons. The van der Waals surface area contributed by atoms with Gasteiger partial charge >= 0.3 is 5.97 Å². The zero-order valence-corrected chi connectivity index (χ0v) is 12.9. The van der Waals surface area contributed by atoms with Gasteiger partial charge in [-0.25, -0.2) is 4.79 Å². The number of carboxylic acids is 1. The van der Waals surface area contributed by atoms with E-state index in [0.717, 1.165) is 24.2 Å². The number of furan rings is 1. The molecule has 0 fully saturated rings. The van der Waals surface area contributed by atoms with Crippen LogP contribution < -0.4 is 10.1 Å². The normalized spacial score (nSPS) is 10.3. The van der Waals surface area contributed by atoms with Crippen LogP contribution in [0.15, 0.2) is 40.8 Å². The number of carbonyl (C=O) groups is 2. The number of carboxylic acid groups (broad SMARTS) is 1. The second-order valence-corrected chi connectivity index (χ2v) is 5.00. The molecule has 23 heavy (non-hydrogen) atoms. The molecule has 0 radical (unpaired) electrons. The first-order chi connectivity index (χ1) is 11.1. The first kappa shape index (κ1) is 16.6. The summed E-state index contributed by atoms with van der Waals surface area (Å²) < 4.78 is 10.6. The number of hydrogen-bond acceptors (Lipinski definition) is 4. The molecule has 0 saturated carbocycles. The van der Waals surface area contributed by atoms with Crippen LogP contribution >= 0.6 is 0 Å². The number of nitrogens with one attached hydrogen (secondary N) is 1. The number of unbranched alkanes of at least 4 members (excludes halogenated alkanes) is 1. The van der Waals surface area contributed by atoms with Gasteiger partial charge in [-0.2, -0.15) is 0 Å². The van der Waals surface area contributed by atoms with Crippen molar-refractivity contribution >= 4 is 11.9 Å². The molecule has 1 heterocycles. The highest BCUT2D eigenvalue weighted by Gasteiger charge is 2.14. The van der Waals surface area contributed by atoms with Crippen molar-refractivity contribution in [3.63, 3.8) is 0 Å². The van der Waals surface area contributed by atoms with E-state index >= 15 is 0 Å². The van der Waals surface area contributed by atoms with E-state index in [1.807, 2.05) is 24.3 Å². The molecule has 0 aliphatic heterocycles. The van der Waals surface area contributed by atoms with Crippen LogP contribution in [-0.4, -0.2) is 23.6 Å². The van der Waals surface area contributed by atoms with Gasteiger partial charge in [-0.1, -0.05) is 25.5 Å². The second kappa shape index (κ2) is 8.03. The van der Waals surface area contributed by atoms with Gasteiger partial charge < -0.3 is 19.6 Å². The van der Waals surface area contributed by atoms with Gasteiger partial charge in [0.2, 0.25) is 5.76 Å². The van der Waals surface area contributed by atoms with Gasteiger partial charge in [0.1, 0.15) is 5.75 Å². The molecule has 2 rings (SSSR count). The number of amides is 1. The zero-order valence-electron chi connectivity index (χ0n) is 12.9. The van der Waals surface area contributed by atoms with Crippen LogP contribution in [0.4, 0.5) is 0 Å². The van der Waals surface area contributed by atoms with Crippen molar-refractivity contribution in [2.75, 3.05) is 6.61 Å². The molecule has 0 bridgehead atoms. The molecule has 6 nitrogen and oxygen atoms in total. The zero-order chi connectivity index (χ0) is 16.7. The van der Waals surface area contributed by atoms with Crippen LogP contribution in [0.3, 0.4) is 0 Å². The van der Waals surface area contributed by atoms with E-state index in [-0.39, 0.29) is 11.5 Å². The Labute approximate surface area is 134 Å². The smallest absolute Gasteiger partial charge is 0.371 e. The first-order valence-electron chi connectivity index (χ1n) is 7.43. The van der Waals surface area contributed by atoms with Crippen molar-refractivity contribution in [3.8, 4) is 5.75 Å².